The van der Waals surface area contributed by atoms with Gasteiger partial charge in [0.15, 0.2) is 11.5 Å². The van der Waals surface area contributed by atoms with Gasteiger partial charge in [-0.15, -0.1) is 5.10 Å². The van der Waals surface area contributed by atoms with Crippen molar-refractivity contribution in [2.24, 2.45) is 7.05 Å². The van der Waals surface area contributed by atoms with Crippen LogP contribution < -0.4 is 25.6 Å². The summed E-state index contributed by atoms with van der Waals surface area (Å²) in [6.45, 7) is 1.64. The van der Waals surface area contributed by atoms with E-state index in [1.54, 1.807) is 79.6 Å². The zero-order valence-corrected chi connectivity index (χ0v) is 27.4. The van der Waals surface area contributed by atoms with Crippen molar-refractivity contribution in [3.63, 3.8) is 0 Å². The van der Waals surface area contributed by atoms with Gasteiger partial charge >= 0.3 is 10.2 Å². The number of fused-ring (bicyclic) bond motifs is 1. The van der Waals surface area contributed by atoms with Crippen LogP contribution in [-0.2, 0) is 17.3 Å². The van der Waals surface area contributed by atoms with Gasteiger partial charge in [0.1, 0.15) is 5.56 Å². The highest BCUT2D eigenvalue weighted by molar-refractivity contribution is 7.90. The molecule has 5 heterocycles. The lowest BCUT2D eigenvalue weighted by Crippen LogP contribution is -2.35. The van der Waals surface area contributed by atoms with Crippen LogP contribution in [0.1, 0.15) is 63.3 Å². The lowest BCUT2D eigenvalue weighted by Gasteiger charge is -2.23. The molecule has 2 aliphatic rings. The molecule has 1 aliphatic heterocycles. The topological polar surface area (TPSA) is 186 Å². The van der Waals surface area contributed by atoms with E-state index < -0.39 is 33.6 Å². The lowest BCUT2D eigenvalue weighted by atomic mass is 9.97. The van der Waals surface area contributed by atoms with Crippen LogP contribution in [-0.4, -0.2) is 55.2 Å². The Balaban J connectivity index is 1.27. The number of aromatic nitrogens is 6. The fourth-order valence-corrected chi connectivity index (χ4v) is 7.25. The molecule has 1 atom stereocenters. The maximum Gasteiger partial charge on any atom is 0.300 e. The van der Waals surface area contributed by atoms with Gasteiger partial charge in [0.05, 0.1) is 40.1 Å². The smallest absolute Gasteiger partial charge is 0.300 e. The monoisotopic (exact) mass is 688 g/mol. The minimum absolute atomic E-state index is 0.0988. The quantitative estimate of drug-likeness (QED) is 0.176. The molecule has 1 fully saturated rings. The van der Waals surface area contributed by atoms with Gasteiger partial charge in [-0.05, 0) is 50.1 Å². The van der Waals surface area contributed by atoms with Crippen LogP contribution in [0.5, 0.6) is 0 Å². The van der Waals surface area contributed by atoms with Gasteiger partial charge in [0.25, 0.3) is 17.4 Å². The van der Waals surface area contributed by atoms with E-state index in [1.807, 2.05) is 0 Å². The molecule has 16 heteroatoms. The number of amides is 2. The number of nitrogens with one attached hydrogen (secondary N) is 4. The standard InChI is InChI=1S/C34H28N10O5S/c1-19(37-33(46)28-30(39-43-16-6-15-35-31(28)43)41-50(48,49)40-22-12-13-22)29-27-26-24(38-32(27)45)14-11-21(10-9-20-17-36-42(2)18-20)25(26)34(47)44(29)23-7-4-3-5-8-23/h3-8,11,14-19,22,40H,12-13H2,1-2H3,(H,37,46)(H,38,45)(H,39,41)/t19-/m0/s1. The third-order valence-electron chi connectivity index (χ3n) is 8.42. The highest BCUT2D eigenvalue weighted by Gasteiger charge is 2.35. The van der Waals surface area contributed by atoms with Gasteiger partial charge in [-0.3, -0.25) is 28.4 Å². The van der Waals surface area contributed by atoms with E-state index in [0.717, 1.165) is 0 Å². The van der Waals surface area contributed by atoms with E-state index in [0.29, 0.717) is 40.7 Å². The Labute approximate surface area is 284 Å². The highest BCUT2D eigenvalue weighted by Crippen LogP contribution is 2.38. The summed E-state index contributed by atoms with van der Waals surface area (Å²) in [4.78, 5) is 46.8. The van der Waals surface area contributed by atoms with E-state index in [9.17, 15) is 22.8 Å². The number of carbonyl (C=O) groups is 2. The van der Waals surface area contributed by atoms with Crippen LogP contribution in [0.15, 0.2) is 78.1 Å². The van der Waals surface area contributed by atoms with E-state index in [1.165, 1.54) is 21.5 Å². The van der Waals surface area contributed by atoms with Crippen molar-refractivity contribution >= 4 is 49.9 Å². The predicted octanol–water partition coefficient (Wildman–Crippen LogP) is 2.63. The van der Waals surface area contributed by atoms with E-state index in [-0.39, 0.29) is 39.7 Å². The van der Waals surface area contributed by atoms with Crippen LogP contribution in [0, 0.1) is 11.8 Å². The van der Waals surface area contributed by atoms with Crippen molar-refractivity contribution in [3.05, 3.63) is 112 Å². The van der Waals surface area contributed by atoms with Gasteiger partial charge in [0, 0.05) is 48.3 Å². The average molecular weight is 689 g/mol. The number of anilines is 2. The van der Waals surface area contributed by atoms with Crippen molar-refractivity contribution in [1.82, 2.24) is 39.0 Å². The number of benzene rings is 2. The Morgan fingerprint density at radius 3 is 2.60 bits per heavy atom. The molecule has 1 aliphatic carbocycles. The number of carbonyl (C=O) groups excluding carboxylic acids is 2. The van der Waals surface area contributed by atoms with Crippen molar-refractivity contribution in [2.75, 3.05) is 10.0 Å². The van der Waals surface area contributed by atoms with Crippen LogP contribution in [0.4, 0.5) is 11.5 Å². The molecule has 2 amide bonds. The molecule has 4 N–H and O–H groups in total. The molecule has 15 nitrogen and oxygen atoms in total. The Bertz CT molecular complexity index is 2630. The second kappa shape index (κ2) is 11.7. The first-order valence-electron chi connectivity index (χ1n) is 15.7. The van der Waals surface area contributed by atoms with Crippen LogP contribution in [0.2, 0.25) is 0 Å². The summed E-state index contributed by atoms with van der Waals surface area (Å²) in [6, 6.07) is 12.6. The number of pyridine rings is 1. The molecule has 2 aromatic carbocycles. The molecule has 0 radical (unpaired) electrons. The summed E-state index contributed by atoms with van der Waals surface area (Å²) >= 11 is 0. The molecule has 0 unspecified atom stereocenters. The van der Waals surface area contributed by atoms with E-state index in [4.69, 9.17) is 0 Å². The van der Waals surface area contributed by atoms with Gasteiger partial charge in [0.2, 0.25) is 0 Å². The Morgan fingerprint density at radius 1 is 1.06 bits per heavy atom. The summed E-state index contributed by atoms with van der Waals surface area (Å²) in [7, 11) is -2.29. The van der Waals surface area contributed by atoms with Gasteiger partial charge in [-0.1, -0.05) is 30.0 Å². The number of para-hydroxylation sites is 1. The molecule has 4 aromatic heterocycles. The molecule has 8 rings (SSSR count). The van der Waals surface area contributed by atoms with Crippen molar-refractivity contribution < 1.29 is 18.0 Å². The normalized spacial score (nSPS) is 14.3. The number of nitrogens with zero attached hydrogens (tertiary/aromatic N) is 6. The predicted molar refractivity (Wildman–Crippen MR) is 184 cm³/mol. The Hall–Kier alpha value is -6.31. The maximum absolute atomic E-state index is 14.6. The molecular weight excluding hydrogens is 661 g/mol. The molecular formula is C34H28N10O5S. The fraction of sp³-hybridized carbons (Fsp3) is 0.176. The summed E-state index contributed by atoms with van der Waals surface area (Å²) in [5, 5.41) is 14.8. The third-order valence-corrected chi connectivity index (χ3v) is 9.52. The first kappa shape index (κ1) is 31.0. The number of rotatable bonds is 8. The second-order valence-electron chi connectivity index (χ2n) is 12.1. The summed E-state index contributed by atoms with van der Waals surface area (Å²) < 4.78 is 34.9. The van der Waals surface area contributed by atoms with Gasteiger partial charge < -0.3 is 10.6 Å². The van der Waals surface area contributed by atoms with Crippen LogP contribution in [0.25, 0.3) is 22.1 Å². The van der Waals surface area contributed by atoms with Gasteiger partial charge in [-0.25, -0.2) is 9.50 Å². The SMILES string of the molecule is C[C@H](NC(=O)c1c(NS(=O)(=O)NC2CC2)nn2cccnc12)c1c2c3c(ccc(C#Cc4cnn(C)c4)c3c(=O)n1-c1ccccc1)NC2=O. The maximum atomic E-state index is 14.6. The number of hydrogen-bond acceptors (Lipinski definition) is 8. The fourth-order valence-electron chi connectivity index (χ4n) is 6.12. The van der Waals surface area contributed by atoms with E-state index in [2.05, 4.69) is 47.1 Å². The zero-order chi connectivity index (χ0) is 34.7. The zero-order valence-electron chi connectivity index (χ0n) is 26.6. The molecule has 6 aromatic rings. The van der Waals surface area contributed by atoms with Crippen LogP contribution in [0.3, 0.4) is 0 Å². The molecule has 0 bridgehead atoms. The minimum atomic E-state index is -4.06. The first-order chi connectivity index (χ1) is 24.1. The summed E-state index contributed by atoms with van der Waals surface area (Å²) in [5.41, 5.74) is 1.90. The number of hydrogen-bond donors (Lipinski definition) is 4. The average Bonchev–Trinajstić information content (AvgIpc) is 3.51. The van der Waals surface area contributed by atoms with Crippen molar-refractivity contribution in [1.29, 1.82) is 0 Å². The molecule has 0 saturated heterocycles. The Morgan fingerprint density at radius 2 is 1.86 bits per heavy atom. The molecule has 1 saturated carbocycles. The largest absolute Gasteiger partial charge is 0.344 e. The highest BCUT2D eigenvalue weighted by atomic mass is 32.2. The third kappa shape index (κ3) is 5.44. The van der Waals surface area contributed by atoms with E-state index >= 15 is 0 Å². The molecule has 50 heavy (non-hydrogen) atoms. The lowest BCUT2D eigenvalue weighted by molar-refractivity contribution is 0.0937. The summed E-state index contributed by atoms with van der Waals surface area (Å²) in [6.07, 6.45) is 7.78. The second-order valence-corrected chi connectivity index (χ2v) is 13.5. The first-order valence-corrected chi connectivity index (χ1v) is 17.1. The Kier molecular flexibility index (Phi) is 7.24. The minimum Gasteiger partial charge on any atom is -0.344 e. The van der Waals surface area contributed by atoms with Crippen LogP contribution >= 0.6 is 0 Å². The van der Waals surface area contributed by atoms with Crippen molar-refractivity contribution in [3.8, 4) is 17.5 Å². The van der Waals surface area contributed by atoms with Crippen molar-refractivity contribution in [2.45, 2.75) is 31.8 Å². The number of aryl methyl sites for hydroxylation is 1. The molecule has 250 valence electrons. The summed E-state index contributed by atoms with van der Waals surface area (Å²) in [5.74, 6) is 4.71. The molecule has 0 spiro atoms. The van der Waals surface area contributed by atoms with Gasteiger partial charge in [-0.2, -0.15) is 18.2 Å².